The van der Waals surface area contributed by atoms with Crippen LogP contribution in [0.3, 0.4) is 0 Å². The number of nitrogens with zero attached hydrogens (tertiary/aromatic N) is 2. The average molecular weight is 283 g/mol. The first kappa shape index (κ1) is 13.3. The quantitative estimate of drug-likeness (QED) is 0.748. The molecular formula is C16H14FN3O. The van der Waals surface area contributed by atoms with Gasteiger partial charge in [-0.25, -0.2) is 4.39 Å². The molecule has 0 aliphatic carbocycles. The van der Waals surface area contributed by atoms with Gasteiger partial charge in [0.05, 0.1) is 5.56 Å². The fraction of sp³-hybridized carbons (Fsp3) is 0.125. The second kappa shape index (κ2) is 5.36. The second-order valence-corrected chi connectivity index (χ2v) is 4.85. The summed E-state index contributed by atoms with van der Waals surface area (Å²) in [4.78, 5) is 4.29. The highest BCUT2D eigenvalue weighted by Gasteiger charge is 2.13. The van der Waals surface area contributed by atoms with Crippen LogP contribution < -0.4 is 5.73 Å². The molecule has 2 aromatic carbocycles. The van der Waals surface area contributed by atoms with Crippen molar-refractivity contribution in [3.8, 4) is 11.5 Å². The van der Waals surface area contributed by atoms with E-state index in [2.05, 4.69) is 10.1 Å². The minimum absolute atomic E-state index is 0.232. The van der Waals surface area contributed by atoms with E-state index in [0.717, 1.165) is 11.1 Å². The van der Waals surface area contributed by atoms with Gasteiger partial charge >= 0.3 is 0 Å². The molecule has 0 spiro atoms. The molecule has 0 aliphatic rings. The van der Waals surface area contributed by atoms with Crippen LogP contribution >= 0.6 is 0 Å². The normalized spacial score (nSPS) is 10.8. The Hall–Kier alpha value is -2.69. The topological polar surface area (TPSA) is 64.9 Å². The van der Waals surface area contributed by atoms with Gasteiger partial charge in [-0.15, -0.1) is 0 Å². The molecule has 0 unspecified atom stereocenters. The van der Waals surface area contributed by atoms with Crippen LogP contribution in [0, 0.1) is 12.7 Å². The Labute approximate surface area is 121 Å². The van der Waals surface area contributed by atoms with Crippen molar-refractivity contribution in [3.05, 3.63) is 65.2 Å². The number of rotatable bonds is 3. The fourth-order valence-electron chi connectivity index (χ4n) is 2.13. The number of nitrogens with two attached hydrogens (primary N) is 1. The molecule has 0 saturated heterocycles. The maximum Gasteiger partial charge on any atom is 0.260 e. The molecule has 4 nitrogen and oxygen atoms in total. The van der Waals surface area contributed by atoms with Crippen molar-refractivity contribution in [2.45, 2.75) is 13.3 Å². The van der Waals surface area contributed by atoms with Crippen LogP contribution in [0.4, 0.5) is 10.1 Å². The van der Waals surface area contributed by atoms with E-state index in [1.807, 2.05) is 31.2 Å². The van der Waals surface area contributed by atoms with E-state index in [0.29, 0.717) is 23.5 Å². The maximum absolute atomic E-state index is 13.3. The van der Waals surface area contributed by atoms with Crippen LogP contribution in [-0.2, 0) is 6.42 Å². The van der Waals surface area contributed by atoms with Gasteiger partial charge in [0.1, 0.15) is 5.82 Å². The van der Waals surface area contributed by atoms with Gasteiger partial charge in [0.2, 0.25) is 0 Å². The Morgan fingerprint density at radius 3 is 2.81 bits per heavy atom. The highest BCUT2D eigenvalue weighted by Crippen LogP contribution is 2.25. The zero-order chi connectivity index (χ0) is 14.8. The van der Waals surface area contributed by atoms with Gasteiger partial charge in [0, 0.05) is 12.1 Å². The number of anilines is 1. The molecule has 0 atom stereocenters. The molecule has 3 aromatic rings. The van der Waals surface area contributed by atoms with Crippen LogP contribution in [0.2, 0.25) is 0 Å². The standard InChI is InChI=1S/C16H14FN3O/c1-10-4-2-3-5-11(10)8-15-19-16(21-20-15)13-9-12(17)6-7-14(13)18/h2-7,9H,8,18H2,1H3. The zero-order valence-corrected chi connectivity index (χ0v) is 11.5. The van der Waals surface area contributed by atoms with Crippen LogP contribution in [0.5, 0.6) is 0 Å². The zero-order valence-electron chi connectivity index (χ0n) is 11.5. The van der Waals surface area contributed by atoms with E-state index in [9.17, 15) is 4.39 Å². The summed E-state index contributed by atoms with van der Waals surface area (Å²) in [5.74, 6) is 0.386. The van der Waals surface area contributed by atoms with Gasteiger partial charge in [-0.05, 0) is 36.2 Å². The highest BCUT2D eigenvalue weighted by molar-refractivity contribution is 5.70. The molecule has 0 bridgehead atoms. The maximum atomic E-state index is 13.3. The smallest absolute Gasteiger partial charge is 0.260 e. The van der Waals surface area contributed by atoms with E-state index in [1.54, 1.807) is 0 Å². The molecule has 21 heavy (non-hydrogen) atoms. The van der Waals surface area contributed by atoms with Crippen molar-refractivity contribution >= 4 is 5.69 Å². The number of hydrogen-bond donors (Lipinski definition) is 1. The number of aryl methyl sites for hydroxylation is 1. The Morgan fingerprint density at radius 1 is 1.19 bits per heavy atom. The molecule has 2 N–H and O–H groups in total. The van der Waals surface area contributed by atoms with Crippen LogP contribution in [0.25, 0.3) is 11.5 Å². The Morgan fingerprint density at radius 2 is 2.00 bits per heavy atom. The summed E-state index contributed by atoms with van der Waals surface area (Å²) < 4.78 is 18.5. The monoisotopic (exact) mass is 283 g/mol. The predicted octanol–water partition coefficient (Wildman–Crippen LogP) is 3.36. The van der Waals surface area contributed by atoms with Crippen LogP contribution in [0.15, 0.2) is 47.0 Å². The summed E-state index contributed by atoms with van der Waals surface area (Å²) in [6.07, 6.45) is 0.561. The third-order valence-corrected chi connectivity index (χ3v) is 3.32. The largest absolute Gasteiger partial charge is 0.398 e. The lowest BCUT2D eigenvalue weighted by molar-refractivity contribution is 0.424. The number of hydrogen-bond acceptors (Lipinski definition) is 4. The van der Waals surface area contributed by atoms with Crippen molar-refractivity contribution in [1.29, 1.82) is 0 Å². The molecule has 0 fully saturated rings. The first-order valence-electron chi connectivity index (χ1n) is 6.56. The molecule has 0 radical (unpaired) electrons. The summed E-state index contributed by atoms with van der Waals surface area (Å²) in [6, 6.07) is 12.1. The Bertz CT molecular complexity index is 783. The van der Waals surface area contributed by atoms with Crippen molar-refractivity contribution < 1.29 is 8.91 Å². The third-order valence-electron chi connectivity index (χ3n) is 3.32. The van der Waals surface area contributed by atoms with Gasteiger partial charge in [0.25, 0.3) is 5.89 Å². The lowest BCUT2D eigenvalue weighted by Crippen LogP contribution is -1.94. The summed E-state index contributed by atoms with van der Waals surface area (Å²) in [7, 11) is 0. The van der Waals surface area contributed by atoms with Crippen LogP contribution in [0.1, 0.15) is 17.0 Å². The number of halogens is 1. The second-order valence-electron chi connectivity index (χ2n) is 4.85. The van der Waals surface area contributed by atoms with E-state index in [4.69, 9.17) is 10.3 Å². The molecular weight excluding hydrogens is 269 g/mol. The Balaban J connectivity index is 1.90. The van der Waals surface area contributed by atoms with Crippen molar-refractivity contribution in [2.24, 2.45) is 0 Å². The summed E-state index contributed by atoms with van der Waals surface area (Å²) in [5.41, 5.74) is 8.92. The number of aromatic nitrogens is 2. The first-order chi connectivity index (χ1) is 10.1. The summed E-state index contributed by atoms with van der Waals surface area (Å²) in [5, 5.41) is 3.94. The van der Waals surface area contributed by atoms with E-state index in [1.165, 1.54) is 18.2 Å². The molecule has 1 heterocycles. The van der Waals surface area contributed by atoms with Crippen molar-refractivity contribution in [3.63, 3.8) is 0 Å². The van der Waals surface area contributed by atoms with Crippen molar-refractivity contribution in [1.82, 2.24) is 10.1 Å². The molecule has 0 saturated carbocycles. The molecule has 1 aromatic heterocycles. The number of nitrogen functional groups attached to an aromatic ring is 1. The van der Waals surface area contributed by atoms with E-state index < -0.39 is 5.82 Å². The lowest BCUT2D eigenvalue weighted by atomic mass is 10.1. The van der Waals surface area contributed by atoms with E-state index >= 15 is 0 Å². The van der Waals surface area contributed by atoms with Gasteiger partial charge < -0.3 is 10.3 Å². The molecule has 3 rings (SSSR count). The molecule has 0 aliphatic heterocycles. The van der Waals surface area contributed by atoms with Gasteiger partial charge in [0.15, 0.2) is 5.82 Å². The predicted molar refractivity (Wildman–Crippen MR) is 78.1 cm³/mol. The van der Waals surface area contributed by atoms with Gasteiger partial charge in [-0.2, -0.15) is 4.98 Å². The SMILES string of the molecule is Cc1ccccc1Cc1noc(-c2cc(F)ccc2N)n1. The molecule has 106 valence electrons. The minimum Gasteiger partial charge on any atom is -0.398 e. The fourth-order valence-corrected chi connectivity index (χ4v) is 2.13. The van der Waals surface area contributed by atoms with E-state index in [-0.39, 0.29) is 5.89 Å². The highest BCUT2D eigenvalue weighted by atomic mass is 19.1. The number of benzene rings is 2. The van der Waals surface area contributed by atoms with Gasteiger partial charge in [-0.3, -0.25) is 0 Å². The van der Waals surface area contributed by atoms with Crippen LogP contribution in [-0.4, -0.2) is 10.1 Å². The third kappa shape index (κ3) is 2.76. The molecule has 5 heteroatoms. The summed E-state index contributed by atoms with van der Waals surface area (Å²) in [6.45, 7) is 2.03. The minimum atomic E-state index is -0.391. The Kier molecular flexibility index (Phi) is 3.39. The summed E-state index contributed by atoms with van der Waals surface area (Å²) >= 11 is 0. The van der Waals surface area contributed by atoms with Crippen molar-refractivity contribution in [2.75, 3.05) is 5.73 Å². The molecule has 0 amide bonds. The first-order valence-corrected chi connectivity index (χ1v) is 6.56. The average Bonchev–Trinajstić information content (AvgIpc) is 2.92. The lowest BCUT2D eigenvalue weighted by Gasteiger charge is -2.01. The van der Waals surface area contributed by atoms with Gasteiger partial charge in [-0.1, -0.05) is 29.4 Å².